The molecule has 0 unspecified atom stereocenters. The Morgan fingerprint density at radius 2 is 1.87 bits per heavy atom. The van der Waals surface area contributed by atoms with Crippen LogP contribution in [0.25, 0.3) is 0 Å². The molecule has 1 aromatic carbocycles. The summed E-state index contributed by atoms with van der Waals surface area (Å²) in [7, 11) is -3.53. The number of amides is 1. The molecule has 1 atom stereocenters. The zero-order valence-electron chi connectivity index (χ0n) is 13.6. The Kier molecular flexibility index (Phi) is 6.01. The number of carbonyl (C=O) groups excluding carboxylic acids is 1. The van der Waals surface area contributed by atoms with Crippen LogP contribution in [0.1, 0.15) is 31.2 Å². The predicted octanol–water partition coefficient (Wildman–Crippen LogP) is 1.34. The lowest BCUT2D eigenvalue weighted by atomic mass is 10.0. The standard InChI is InChI=1S/C16H24N2O4S/c1-13(16(19)17-9-12-18-10-3-4-11-18)14-5-7-15(8-6-14)22-23(2,20)21/h5-8,13H,3-4,9-12H2,1-2H3,(H,17,19)/t13-/m1/s1. The molecule has 0 bridgehead atoms. The minimum Gasteiger partial charge on any atom is -0.383 e. The summed E-state index contributed by atoms with van der Waals surface area (Å²) in [5.74, 6) is -0.0697. The molecule has 1 aliphatic heterocycles. The number of nitrogens with zero attached hydrogens (tertiary/aromatic N) is 1. The van der Waals surface area contributed by atoms with Crippen molar-refractivity contribution in [1.29, 1.82) is 0 Å². The fraction of sp³-hybridized carbons (Fsp3) is 0.562. The quantitative estimate of drug-likeness (QED) is 0.758. The van der Waals surface area contributed by atoms with E-state index in [1.807, 2.05) is 6.92 Å². The highest BCUT2D eigenvalue weighted by Gasteiger charge is 2.16. The first kappa shape index (κ1) is 17.7. The Morgan fingerprint density at radius 3 is 2.43 bits per heavy atom. The molecule has 2 rings (SSSR count). The van der Waals surface area contributed by atoms with E-state index in [0.717, 1.165) is 31.5 Å². The Balaban J connectivity index is 1.83. The maximum absolute atomic E-state index is 12.2. The van der Waals surface area contributed by atoms with Gasteiger partial charge in [-0.25, -0.2) is 0 Å². The predicted molar refractivity (Wildman–Crippen MR) is 89.0 cm³/mol. The number of rotatable bonds is 7. The minimum atomic E-state index is -3.53. The van der Waals surface area contributed by atoms with Gasteiger partial charge >= 0.3 is 10.1 Å². The molecule has 1 N–H and O–H groups in total. The van der Waals surface area contributed by atoms with E-state index < -0.39 is 10.1 Å². The van der Waals surface area contributed by atoms with Crippen LogP contribution in [0.2, 0.25) is 0 Å². The van der Waals surface area contributed by atoms with E-state index in [9.17, 15) is 13.2 Å². The van der Waals surface area contributed by atoms with Crippen molar-refractivity contribution in [3.8, 4) is 5.75 Å². The summed E-state index contributed by atoms with van der Waals surface area (Å²) in [6.07, 6.45) is 3.48. The van der Waals surface area contributed by atoms with E-state index in [1.165, 1.54) is 12.8 Å². The van der Waals surface area contributed by atoms with Gasteiger partial charge in [0, 0.05) is 13.1 Å². The second-order valence-electron chi connectivity index (χ2n) is 5.92. The average Bonchev–Trinajstić information content (AvgIpc) is 2.99. The van der Waals surface area contributed by atoms with Crippen molar-refractivity contribution < 1.29 is 17.4 Å². The SMILES string of the molecule is C[C@@H](C(=O)NCCN1CCCC1)c1ccc(OS(C)(=O)=O)cc1. The molecule has 0 aliphatic carbocycles. The number of hydrogen-bond donors (Lipinski definition) is 1. The van der Waals surface area contributed by atoms with E-state index in [0.29, 0.717) is 6.54 Å². The maximum atomic E-state index is 12.2. The zero-order valence-corrected chi connectivity index (χ0v) is 14.4. The maximum Gasteiger partial charge on any atom is 0.306 e. The van der Waals surface area contributed by atoms with Crippen molar-refractivity contribution in [2.24, 2.45) is 0 Å². The first-order valence-corrected chi connectivity index (χ1v) is 9.66. The lowest BCUT2D eigenvalue weighted by molar-refractivity contribution is -0.122. The Bertz CT molecular complexity index is 622. The number of nitrogens with one attached hydrogen (secondary N) is 1. The van der Waals surface area contributed by atoms with Crippen molar-refractivity contribution in [1.82, 2.24) is 10.2 Å². The van der Waals surface area contributed by atoms with Crippen LogP contribution in [0.4, 0.5) is 0 Å². The van der Waals surface area contributed by atoms with Crippen molar-refractivity contribution in [3.05, 3.63) is 29.8 Å². The number of hydrogen-bond acceptors (Lipinski definition) is 5. The summed E-state index contributed by atoms with van der Waals surface area (Å²) in [5.41, 5.74) is 0.824. The lowest BCUT2D eigenvalue weighted by Crippen LogP contribution is -2.35. The van der Waals surface area contributed by atoms with Crippen molar-refractivity contribution in [2.45, 2.75) is 25.7 Å². The second-order valence-corrected chi connectivity index (χ2v) is 7.49. The van der Waals surface area contributed by atoms with Crippen molar-refractivity contribution in [2.75, 3.05) is 32.4 Å². The van der Waals surface area contributed by atoms with Crippen molar-refractivity contribution >= 4 is 16.0 Å². The molecule has 1 fully saturated rings. The third kappa shape index (κ3) is 5.84. The van der Waals surface area contributed by atoms with Crippen LogP contribution in [0.15, 0.2) is 24.3 Å². The molecular weight excluding hydrogens is 316 g/mol. The molecule has 1 heterocycles. The molecule has 7 heteroatoms. The van der Waals surface area contributed by atoms with Gasteiger partial charge in [-0.05, 0) is 50.6 Å². The van der Waals surface area contributed by atoms with E-state index in [1.54, 1.807) is 24.3 Å². The molecular formula is C16H24N2O4S. The van der Waals surface area contributed by atoms with Crippen LogP contribution in [0.3, 0.4) is 0 Å². The number of benzene rings is 1. The van der Waals surface area contributed by atoms with E-state index in [2.05, 4.69) is 10.2 Å². The first-order valence-electron chi connectivity index (χ1n) is 7.84. The van der Waals surface area contributed by atoms with Gasteiger partial charge in [0.1, 0.15) is 5.75 Å². The van der Waals surface area contributed by atoms with Gasteiger partial charge < -0.3 is 14.4 Å². The van der Waals surface area contributed by atoms with Crippen LogP contribution in [0.5, 0.6) is 5.75 Å². The highest BCUT2D eigenvalue weighted by molar-refractivity contribution is 7.86. The molecule has 128 valence electrons. The van der Waals surface area contributed by atoms with Gasteiger partial charge in [0.05, 0.1) is 12.2 Å². The van der Waals surface area contributed by atoms with E-state index >= 15 is 0 Å². The third-order valence-corrected chi connectivity index (χ3v) is 4.44. The van der Waals surface area contributed by atoms with Gasteiger partial charge in [0.25, 0.3) is 0 Å². The summed E-state index contributed by atoms with van der Waals surface area (Å²) in [6, 6.07) is 6.55. The molecule has 1 aliphatic rings. The largest absolute Gasteiger partial charge is 0.383 e. The van der Waals surface area contributed by atoms with Gasteiger partial charge in [0.15, 0.2) is 0 Å². The highest BCUT2D eigenvalue weighted by Crippen LogP contribution is 2.20. The number of likely N-dealkylation sites (tertiary alicyclic amines) is 1. The Hall–Kier alpha value is -1.60. The third-order valence-electron chi connectivity index (χ3n) is 3.95. The molecule has 0 radical (unpaired) electrons. The Labute approximate surface area is 137 Å². The second kappa shape index (κ2) is 7.79. The first-order chi connectivity index (χ1) is 10.8. The molecule has 0 spiro atoms. The van der Waals surface area contributed by atoms with Gasteiger partial charge in [-0.2, -0.15) is 8.42 Å². The van der Waals surface area contributed by atoms with E-state index in [4.69, 9.17) is 4.18 Å². The van der Waals surface area contributed by atoms with Crippen LogP contribution in [-0.4, -0.2) is 51.7 Å². The van der Waals surface area contributed by atoms with Gasteiger partial charge in [-0.15, -0.1) is 0 Å². The Morgan fingerprint density at radius 1 is 1.26 bits per heavy atom. The summed E-state index contributed by atoms with van der Waals surface area (Å²) in [4.78, 5) is 14.5. The normalized spacial score (nSPS) is 17.0. The van der Waals surface area contributed by atoms with Crippen LogP contribution >= 0.6 is 0 Å². The molecule has 6 nitrogen and oxygen atoms in total. The molecule has 1 aromatic rings. The zero-order chi connectivity index (χ0) is 16.9. The van der Waals surface area contributed by atoms with Gasteiger partial charge in [-0.1, -0.05) is 12.1 Å². The molecule has 23 heavy (non-hydrogen) atoms. The monoisotopic (exact) mass is 340 g/mol. The fourth-order valence-corrected chi connectivity index (χ4v) is 3.10. The summed E-state index contributed by atoms with van der Waals surface area (Å²) in [6.45, 7) is 5.61. The summed E-state index contributed by atoms with van der Waals surface area (Å²) >= 11 is 0. The molecule has 1 amide bonds. The van der Waals surface area contributed by atoms with E-state index in [-0.39, 0.29) is 17.6 Å². The number of carbonyl (C=O) groups is 1. The topological polar surface area (TPSA) is 75.7 Å². The molecule has 0 aromatic heterocycles. The summed E-state index contributed by atoms with van der Waals surface area (Å²) in [5, 5.41) is 2.95. The molecule has 1 saturated heterocycles. The summed E-state index contributed by atoms with van der Waals surface area (Å²) < 4.78 is 26.9. The minimum absolute atomic E-state index is 0.0269. The smallest absolute Gasteiger partial charge is 0.306 e. The van der Waals surface area contributed by atoms with Crippen molar-refractivity contribution in [3.63, 3.8) is 0 Å². The average molecular weight is 340 g/mol. The van der Waals surface area contributed by atoms with Gasteiger partial charge in [-0.3, -0.25) is 4.79 Å². The lowest BCUT2D eigenvalue weighted by Gasteiger charge is -2.17. The van der Waals surface area contributed by atoms with Crippen LogP contribution < -0.4 is 9.50 Å². The highest BCUT2D eigenvalue weighted by atomic mass is 32.2. The van der Waals surface area contributed by atoms with Crippen LogP contribution in [-0.2, 0) is 14.9 Å². The van der Waals surface area contributed by atoms with Gasteiger partial charge in [0.2, 0.25) is 5.91 Å². The van der Waals surface area contributed by atoms with Crippen LogP contribution in [0, 0.1) is 0 Å². The fourth-order valence-electron chi connectivity index (χ4n) is 2.63. The molecule has 0 saturated carbocycles.